The van der Waals surface area contributed by atoms with Gasteiger partial charge in [-0.15, -0.1) is 0 Å². The van der Waals surface area contributed by atoms with Crippen LogP contribution in [0.2, 0.25) is 0 Å². The summed E-state index contributed by atoms with van der Waals surface area (Å²) in [5.41, 5.74) is 3.52. The molecule has 0 aliphatic carbocycles. The van der Waals surface area contributed by atoms with Gasteiger partial charge in [0.15, 0.2) is 0 Å². The van der Waals surface area contributed by atoms with Crippen LogP contribution in [-0.2, 0) is 6.42 Å². The van der Waals surface area contributed by atoms with Gasteiger partial charge in [-0.3, -0.25) is 9.97 Å². The third kappa shape index (κ3) is 2.50. The Morgan fingerprint density at radius 1 is 1.24 bits per heavy atom. The lowest BCUT2D eigenvalue weighted by Crippen LogP contribution is -2.06. The number of aliphatic hydroxyl groups is 1. The van der Waals surface area contributed by atoms with Crippen molar-refractivity contribution in [1.82, 2.24) is 9.97 Å². The van der Waals surface area contributed by atoms with Crippen molar-refractivity contribution in [2.45, 2.75) is 26.4 Å². The van der Waals surface area contributed by atoms with Gasteiger partial charge in [0, 0.05) is 23.7 Å². The van der Waals surface area contributed by atoms with Crippen LogP contribution in [0.15, 0.2) is 36.7 Å². The van der Waals surface area contributed by atoms with Crippen LogP contribution in [-0.4, -0.2) is 15.1 Å². The van der Waals surface area contributed by atoms with E-state index < -0.39 is 6.10 Å². The number of nitrogens with zero attached hydrogens (tertiary/aromatic N) is 2. The molecule has 88 valence electrons. The molecule has 0 saturated carbocycles. The lowest BCUT2D eigenvalue weighted by atomic mass is 10.0. The predicted octanol–water partition coefficient (Wildman–Crippen LogP) is 2.43. The summed E-state index contributed by atoms with van der Waals surface area (Å²) >= 11 is 0. The molecule has 0 aromatic carbocycles. The number of hydrogen-bond donors (Lipinski definition) is 1. The van der Waals surface area contributed by atoms with Crippen LogP contribution < -0.4 is 0 Å². The van der Waals surface area contributed by atoms with Gasteiger partial charge in [0.25, 0.3) is 0 Å². The summed E-state index contributed by atoms with van der Waals surface area (Å²) in [5, 5.41) is 10.3. The van der Waals surface area contributed by atoms with E-state index in [1.54, 1.807) is 12.4 Å². The fraction of sp³-hybridized carbons (Fsp3) is 0.286. The van der Waals surface area contributed by atoms with E-state index in [-0.39, 0.29) is 0 Å². The Balaban J connectivity index is 2.36. The molecule has 2 heterocycles. The van der Waals surface area contributed by atoms with Crippen LogP contribution in [0.25, 0.3) is 0 Å². The molecule has 1 atom stereocenters. The zero-order valence-corrected chi connectivity index (χ0v) is 10.1. The lowest BCUT2D eigenvalue weighted by Gasteiger charge is -2.13. The molecule has 0 aliphatic heterocycles. The predicted molar refractivity (Wildman–Crippen MR) is 66.7 cm³/mol. The Kier molecular flexibility index (Phi) is 3.49. The number of rotatable bonds is 3. The summed E-state index contributed by atoms with van der Waals surface area (Å²) in [6.07, 6.45) is 3.58. The van der Waals surface area contributed by atoms with Gasteiger partial charge in [-0.2, -0.15) is 0 Å². The van der Waals surface area contributed by atoms with Crippen LogP contribution in [0, 0.1) is 6.92 Å². The summed E-state index contributed by atoms with van der Waals surface area (Å²) < 4.78 is 0. The Morgan fingerprint density at radius 3 is 2.71 bits per heavy atom. The SMILES string of the molecule is CCc1cccnc1C(O)c1ccc(C)nc1. The molecule has 3 nitrogen and oxygen atoms in total. The summed E-state index contributed by atoms with van der Waals surface area (Å²) in [7, 11) is 0. The summed E-state index contributed by atoms with van der Waals surface area (Å²) in [6.45, 7) is 3.98. The number of aromatic nitrogens is 2. The van der Waals surface area contributed by atoms with E-state index in [2.05, 4.69) is 16.9 Å². The van der Waals surface area contributed by atoms with Crippen molar-refractivity contribution >= 4 is 0 Å². The van der Waals surface area contributed by atoms with Crippen molar-refractivity contribution in [2.24, 2.45) is 0 Å². The average Bonchev–Trinajstić information content (AvgIpc) is 2.39. The van der Waals surface area contributed by atoms with E-state index in [9.17, 15) is 5.11 Å². The first-order valence-electron chi connectivity index (χ1n) is 5.76. The highest BCUT2D eigenvalue weighted by atomic mass is 16.3. The number of hydrogen-bond acceptors (Lipinski definition) is 3. The smallest absolute Gasteiger partial charge is 0.123 e. The van der Waals surface area contributed by atoms with Gasteiger partial charge >= 0.3 is 0 Å². The second-order valence-electron chi connectivity index (χ2n) is 4.04. The second kappa shape index (κ2) is 5.06. The van der Waals surface area contributed by atoms with Crippen molar-refractivity contribution in [2.75, 3.05) is 0 Å². The van der Waals surface area contributed by atoms with E-state index in [1.807, 2.05) is 31.2 Å². The van der Waals surface area contributed by atoms with Gasteiger partial charge in [0.1, 0.15) is 6.10 Å². The quantitative estimate of drug-likeness (QED) is 0.877. The van der Waals surface area contributed by atoms with Crippen LogP contribution >= 0.6 is 0 Å². The van der Waals surface area contributed by atoms with Gasteiger partial charge < -0.3 is 5.11 Å². The number of aryl methyl sites for hydroxylation is 2. The second-order valence-corrected chi connectivity index (χ2v) is 4.04. The molecule has 0 amide bonds. The fourth-order valence-corrected chi connectivity index (χ4v) is 1.79. The standard InChI is InChI=1S/C14H16N2O/c1-3-11-5-4-8-15-13(11)14(17)12-7-6-10(2)16-9-12/h4-9,14,17H,3H2,1-2H3. The minimum absolute atomic E-state index is 0.695. The average molecular weight is 228 g/mol. The summed E-state index contributed by atoms with van der Waals surface area (Å²) in [5.74, 6) is 0. The lowest BCUT2D eigenvalue weighted by molar-refractivity contribution is 0.213. The zero-order chi connectivity index (χ0) is 12.3. The first kappa shape index (κ1) is 11.7. The van der Waals surface area contributed by atoms with Gasteiger partial charge in [-0.05, 0) is 31.0 Å². The molecule has 0 spiro atoms. The molecule has 2 aromatic rings. The molecule has 1 unspecified atom stereocenters. The van der Waals surface area contributed by atoms with E-state index >= 15 is 0 Å². The maximum atomic E-state index is 10.3. The normalized spacial score (nSPS) is 12.4. The van der Waals surface area contributed by atoms with Crippen molar-refractivity contribution in [1.29, 1.82) is 0 Å². The van der Waals surface area contributed by atoms with Gasteiger partial charge in [0.2, 0.25) is 0 Å². The maximum absolute atomic E-state index is 10.3. The molecule has 0 saturated heterocycles. The third-order valence-electron chi connectivity index (χ3n) is 2.82. The largest absolute Gasteiger partial charge is 0.382 e. The molecule has 17 heavy (non-hydrogen) atoms. The molecule has 0 aliphatic rings. The highest BCUT2D eigenvalue weighted by Crippen LogP contribution is 2.22. The van der Waals surface area contributed by atoms with Crippen molar-refractivity contribution in [3.63, 3.8) is 0 Å². The highest BCUT2D eigenvalue weighted by Gasteiger charge is 2.15. The monoisotopic (exact) mass is 228 g/mol. The fourth-order valence-electron chi connectivity index (χ4n) is 1.79. The van der Waals surface area contributed by atoms with Gasteiger partial charge in [0.05, 0.1) is 5.69 Å². The Bertz CT molecular complexity index is 494. The van der Waals surface area contributed by atoms with Gasteiger partial charge in [-0.1, -0.05) is 19.1 Å². The van der Waals surface area contributed by atoms with Crippen LogP contribution in [0.5, 0.6) is 0 Å². The molecule has 0 radical (unpaired) electrons. The molecule has 2 aromatic heterocycles. The first-order chi connectivity index (χ1) is 8.22. The minimum atomic E-state index is -0.695. The molecule has 3 heteroatoms. The molecule has 0 bridgehead atoms. The zero-order valence-electron chi connectivity index (χ0n) is 10.1. The summed E-state index contributed by atoms with van der Waals surface area (Å²) in [4.78, 5) is 8.46. The number of pyridine rings is 2. The van der Waals surface area contributed by atoms with Crippen molar-refractivity contribution in [3.05, 3.63) is 59.2 Å². The van der Waals surface area contributed by atoms with E-state index in [1.165, 1.54) is 0 Å². The van der Waals surface area contributed by atoms with E-state index in [0.29, 0.717) is 0 Å². The van der Waals surface area contributed by atoms with E-state index in [4.69, 9.17) is 0 Å². The van der Waals surface area contributed by atoms with Crippen LogP contribution in [0.1, 0.15) is 35.5 Å². The topological polar surface area (TPSA) is 46.0 Å². The van der Waals surface area contributed by atoms with Crippen molar-refractivity contribution < 1.29 is 5.11 Å². The number of aliphatic hydroxyl groups excluding tert-OH is 1. The molecular weight excluding hydrogens is 212 g/mol. The van der Waals surface area contributed by atoms with E-state index in [0.717, 1.165) is 28.9 Å². The summed E-state index contributed by atoms with van der Waals surface area (Å²) in [6, 6.07) is 7.67. The minimum Gasteiger partial charge on any atom is -0.382 e. The Labute approximate surface area is 101 Å². The highest BCUT2D eigenvalue weighted by molar-refractivity contribution is 5.30. The molecule has 2 rings (SSSR count). The third-order valence-corrected chi connectivity index (χ3v) is 2.82. The van der Waals surface area contributed by atoms with Gasteiger partial charge in [-0.25, -0.2) is 0 Å². The molecule has 0 fully saturated rings. The van der Waals surface area contributed by atoms with Crippen LogP contribution in [0.4, 0.5) is 0 Å². The van der Waals surface area contributed by atoms with Crippen molar-refractivity contribution in [3.8, 4) is 0 Å². The first-order valence-corrected chi connectivity index (χ1v) is 5.76. The van der Waals surface area contributed by atoms with Crippen LogP contribution in [0.3, 0.4) is 0 Å². The maximum Gasteiger partial charge on any atom is 0.123 e. The Hall–Kier alpha value is -1.74. The molecule has 1 N–H and O–H groups in total. The Morgan fingerprint density at radius 2 is 2.06 bits per heavy atom. The molecular formula is C14H16N2O.